The molecule has 5 rings (SSSR count). The molecule has 2 fully saturated rings. The fraction of sp³-hybridized carbons (Fsp3) is 0.421. The molecule has 0 saturated carbocycles. The smallest absolute Gasteiger partial charge is 0.410 e. The molecule has 0 atom stereocenters. The summed E-state index contributed by atoms with van der Waals surface area (Å²) in [6, 6.07) is 2.06. The maximum absolute atomic E-state index is 12.2. The molecule has 3 aliphatic rings. The molecule has 2 aromatic rings. The molecule has 8 nitrogen and oxygen atoms in total. The van der Waals surface area contributed by atoms with E-state index in [2.05, 4.69) is 32.2 Å². The van der Waals surface area contributed by atoms with E-state index in [1.54, 1.807) is 4.90 Å². The number of nitrogens with zero attached hydrogens (tertiary/aromatic N) is 4. The predicted molar refractivity (Wildman–Crippen MR) is 99.3 cm³/mol. The lowest BCUT2D eigenvalue weighted by atomic mass is 10.1. The number of carbonyl (C=O) groups excluding carboxylic acids is 1. The highest BCUT2D eigenvalue weighted by atomic mass is 16.6. The van der Waals surface area contributed by atoms with Crippen molar-refractivity contribution in [2.24, 2.45) is 0 Å². The van der Waals surface area contributed by atoms with Gasteiger partial charge in [-0.3, -0.25) is 10.1 Å². The average molecular weight is 367 g/mol. The summed E-state index contributed by atoms with van der Waals surface area (Å²) < 4.78 is 10.5. The van der Waals surface area contributed by atoms with Gasteiger partial charge >= 0.3 is 6.09 Å². The van der Waals surface area contributed by atoms with Gasteiger partial charge < -0.3 is 19.3 Å². The number of ether oxygens (including phenoxy) is 2. The molecule has 0 bridgehead atoms. The number of fused-ring (bicyclic) bond motifs is 1. The Labute approximate surface area is 156 Å². The van der Waals surface area contributed by atoms with Crippen LogP contribution < -0.4 is 4.90 Å². The van der Waals surface area contributed by atoms with E-state index in [-0.39, 0.29) is 12.2 Å². The van der Waals surface area contributed by atoms with Crippen molar-refractivity contribution in [2.75, 3.05) is 44.3 Å². The van der Waals surface area contributed by atoms with Gasteiger partial charge in [0.15, 0.2) is 6.10 Å². The lowest BCUT2D eigenvalue weighted by Crippen LogP contribution is -2.51. The number of aromatic amines is 1. The maximum Gasteiger partial charge on any atom is 0.410 e. The number of piperazine rings is 1. The fourth-order valence-corrected chi connectivity index (χ4v) is 3.73. The molecule has 8 heteroatoms. The Bertz CT molecular complexity index is 867. The van der Waals surface area contributed by atoms with Crippen LogP contribution in [0.3, 0.4) is 0 Å². The van der Waals surface area contributed by atoms with Crippen molar-refractivity contribution in [1.29, 1.82) is 0 Å². The van der Waals surface area contributed by atoms with E-state index >= 15 is 0 Å². The van der Waals surface area contributed by atoms with Crippen LogP contribution in [0.25, 0.3) is 11.6 Å². The summed E-state index contributed by atoms with van der Waals surface area (Å²) in [5, 5.41) is 6.91. The Hall–Kier alpha value is -2.87. The topological polar surface area (TPSA) is 83.6 Å². The third-order valence-electron chi connectivity index (χ3n) is 5.35. The number of rotatable bonds is 3. The Balaban J connectivity index is 1.28. The largest absolute Gasteiger partial charge is 0.441 e. The summed E-state index contributed by atoms with van der Waals surface area (Å²) in [5.41, 5.74) is 5.78. The molecule has 1 N–H and O–H groups in total. The van der Waals surface area contributed by atoms with Gasteiger partial charge in [-0.2, -0.15) is 5.10 Å². The first-order chi connectivity index (χ1) is 13.3. The van der Waals surface area contributed by atoms with E-state index in [9.17, 15) is 4.79 Å². The summed E-state index contributed by atoms with van der Waals surface area (Å²) >= 11 is 0. The number of allylic oxidation sites excluding steroid dienone is 1. The molecule has 0 aromatic carbocycles. The molecule has 1 amide bonds. The number of nitrogens with one attached hydrogen (secondary N) is 1. The van der Waals surface area contributed by atoms with Gasteiger partial charge in [-0.25, -0.2) is 4.79 Å². The second kappa shape index (κ2) is 6.70. The van der Waals surface area contributed by atoms with Crippen LogP contribution in [0, 0.1) is 0 Å². The zero-order valence-corrected chi connectivity index (χ0v) is 14.9. The molecule has 0 unspecified atom stereocenters. The minimum Gasteiger partial charge on any atom is -0.441 e. The van der Waals surface area contributed by atoms with Crippen molar-refractivity contribution in [1.82, 2.24) is 20.1 Å². The Morgan fingerprint density at radius 1 is 1.26 bits per heavy atom. The average Bonchev–Trinajstić information content (AvgIpc) is 3.33. The number of H-pyrrole nitrogens is 1. The second-order valence-electron chi connectivity index (χ2n) is 7.04. The number of anilines is 1. The molecule has 0 spiro atoms. The van der Waals surface area contributed by atoms with Crippen molar-refractivity contribution < 1.29 is 14.3 Å². The van der Waals surface area contributed by atoms with Crippen LogP contribution in [0.5, 0.6) is 0 Å². The first-order valence-electron chi connectivity index (χ1n) is 9.24. The zero-order valence-electron chi connectivity index (χ0n) is 14.9. The van der Waals surface area contributed by atoms with E-state index in [4.69, 9.17) is 9.47 Å². The molecular formula is C19H21N5O3. The Kier molecular flexibility index (Phi) is 4.05. The van der Waals surface area contributed by atoms with Gasteiger partial charge in [-0.05, 0) is 17.7 Å². The standard InChI is InChI=1S/C19H21N5O3/c25-19(27-15-11-26-12-15)24-5-3-23(4-6-24)18-1-2-20-17-8-13(7-16(17)18)14-9-21-22-10-14/h1-2,7,9-10,15H,3-6,8,11-12H2,(H,21,22). The van der Waals surface area contributed by atoms with Crippen molar-refractivity contribution in [3.63, 3.8) is 0 Å². The minimum absolute atomic E-state index is 0.0783. The maximum atomic E-state index is 12.2. The van der Waals surface area contributed by atoms with Crippen molar-refractivity contribution in [2.45, 2.75) is 12.5 Å². The zero-order chi connectivity index (χ0) is 18.2. The van der Waals surface area contributed by atoms with E-state index in [1.807, 2.05) is 18.6 Å². The monoisotopic (exact) mass is 367 g/mol. The summed E-state index contributed by atoms with van der Waals surface area (Å²) in [7, 11) is 0. The van der Waals surface area contributed by atoms with E-state index in [1.165, 1.54) is 16.8 Å². The molecule has 140 valence electrons. The summed E-state index contributed by atoms with van der Waals surface area (Å²) in [4.78, 5) is 20.9. The third kappa shape index (κ3) is 3.06. The van der Waals surface area contributed by atoms with Gasteiger partial charge in [0.1, 0.15) is 0 Å². The lowest BCUT2D eigenvalue weighted by Gasteiger charge is -2.37. The van der Waals surface area contributed by atoms with Crippen LogP contribution in [0.15, 0.2) is 24.7 Å². The van der Waals surface area contributed by atoms with Gasteiger partial charge in [-0.15, -0.1) is 0 Å². The van der Waals surface area contributed by atoms with Gasteiger partial charge in [0, 0.05) is 61.8 Å². The molecule has 2 aliphatic heterocycles. The fourth-order valence-electron chi connectivity index (χ4n) is 3.73. The van der Waals surface area contributed by atoms with Crippen LogP contribution in [0.4, 0.5) is 10.5 Å². The van der Waals surface area contributed by atoms with Crippen molar-refractivity contribution in [3.8, 4) is 0 Å². The summed E-state index contributed by atoms with van der Waals surface area (Å²) in [6.07, 6.45) is 8.34. The van der Waals surface area contributed by atoms with Crippen LogP contribution in [-0.2, 0) is 15.9 Å². The Morgan fingerprint density at radius 2 is 2.11 bits per heavy atom. The minimum atomic E-state index is -0.231. The first kappa shape index (κ1) is 16.3. The van der Waals surface area contributed by atoms with Crippen LogP contribution >= 0.6 is 0 Å². The molecule has 2 aromatic heterocycles. The van der Waals surface area contributed by atoms with Gasteiger partial charge in [0.05, 0.1) is 25.1 Å². The predicted octanol–water partition coefficient (Wildman–Crippen LogP) is 1.56. The molecule has 0 radical (unpaired) electrons. The SMILES string of the molecule is O=C(OC1COC1)N1CCN(c2ccnc3c2C=C(c2cn[nH]c2)C3)CC1. The summed E-state index contributed by atoms with van der Waals surface area (Å²) in [5.74, 6) is 0. The Morgan fingerprint density at radius 3 is 2.81 bits per heavy atom. The second-order valence-corrected chi connectivity index (χ2v) is 7.04. The highest BCUT2D eigenvalue weighted by Gasteiger charge is 2.29. The van der Waals surface area contributed by atoms with E-state index in [0.717, 1.165) is 30.8 Å². The summed E-state index contributed by atoms with van der Waals surface area (Å²) in [6.45, 7) is 3.90. The number of hydrogen-bond donors (Lipinski definition) is 1. The lowest BCUT2D eigenvalue weighted by molar-refractivity contribution is -0.104. The van der Waals surface area contributed by atoms with Crippen LogP contribution in [-0.4, -0.2) is 71.7 Å². The molecule has 27 heavy (non-hydrogen) atoms. The third-order valence-corrected chi connectivity index (χ3v) is 5.35. The molecule has 2 saturated heterocycles. The quantitative estimate of drug-likeness (QED) is 0.886. The first-order valence-corrected chi connectivity index (χ1v) is 9.24. The van der Waals surface area contributed by atoms with Crippen LogP contribution in [0.2, 0.25) is 0 Å². The number of amides is 1. The number of pyridine rings is 1. The number of hydrogen-bond acceptors (Lipinski definition) is 6. The van der Waals surface area contributed by atoms with E-state index < -0.39 is 0 Å². The molecule has 4 heterocycles. The van der Waals surface area contributed by atoms with Crippen LogP contribution in [0.1, 0.15) is 16.8 Å². The number of carbonyl (C=O) groups is 1. The molecular weight excluding hydrogens is 346 g/mol. The molecule has 1 aliphatic carbocycles. The highest BCUT2D eigenvalue weighted by Crippen LogP contribution is 2.36. The van der Waals surface area contributed by atoms with Crippen molar-refractivity contribution >= 4 is 23.4 Å². The van der Waals surface area contributed by atoms with Gasteiger partial charge in [0.2, 0.25) is 0 Å². The normalized spacial score (nSPS) is 19.5. The van der Waals surface area contributed by atoms with Gasteiger partial charge in [-0.1, -0.05) is 0 Å². The highest BCUT2D eigenvalue weighted by molar-refractivity contribution is 5.91. The van der Waals surface area contributed by atoms with Gasteiger partial charge in [0.25, 0.3) is 0 Å². The van der Waals surface area contributed by atoms with Crippen molar-refractivity contribution in [3.05, 3.63) is 41.5 Å². The van der Waals surface area contributed by atoms with E-state index in [0.29, 0.717) is 26.3 Å². The number of aromatic nitrogens is 3.